The molecule has 1 N–H and O–H groups in total. The summed E-state index contributed by atoms with van der Waals surface area (Å²) in [5, 5.41) is 3.38. The molecule has 0 atom stereocenters. The number of methoxy groups -OCH3 is 1. The zero-order valence-electron chi connectivity index (χ0n) is 9.98. The van der Waals surface area contributed by atoms with Gasteiger partial charge in [0.1, 0.15) is 11.5 Å². The fraction of sp³-hybridized carbons (Fsp3) is 0.286. The third kappa shape index (κ3) is 3.64. The number of hydrogen-bond acceptors (Lipinski definition) is 3. The van der Waals surface area contributed by atoms with E-state index in [1.807, 2.05) is 30.3 Å². The Labute approximate surface area is 101 Å². The predicted molar refractivity (Wildman–Crippen MR) is 67.1 cm³/mol. The van der Waals surface area contributed by atoms with Crippen molar-refractivity contribution >= 4 is 0 Å². The molecule has 1 aromatic carbocycles. The zero-order valence-corrected chi connectivity index (χ0v) is 9.98. The van der Waals surface area contributed by atoms with Crippen LogP contribution in [0.3, 0.4) is 0 Å². The van der Waals surface area contributed by atoms with Crippen LogP contribution in [0.25, 0.3) is 0 Å². The lowest BCUT2D eigenvalue weighted by Crippen LogP contribution is -2.16. The standard InChI is InChI=1S/C14H17NO2/c1-16-14-5-2-4-12(10-14)11-15-8-7-13-6-3-9-17-13/h2-6,9-10,15H,7-8,11H2,1H3. The van der Waals surface area contributed by atoms with Crippen molar-refractivity contribution in [3.8, 4) is 5.75 Å². The molecule has 0 unspecified atom stereocenters. The van der Waals surface area contributed by atoms with Gasteiger partial charge in [0.2, 0.25) is 0 Å². The highest BCUT2D eigenvalue weighted by Gasteiger charge is 1.97. The van der Waals surface area contributed by atoms with Crippen LogP contribution in [0, 0.1) is 0 Å². The minimum atomic E-state index is 0.845. The van der Waals surface area contributed by atoms with Gasteiger partial charge in [-0.1, -0.05) is 12.1 Å². The Balaban J connectivity index is 1.74. The molecule has 17 heavy (non-hydrogen) atoms. The lowest BCUT2D eigenvalue weighted by molar-refractivity contribution is 0.414. The third-order valence-electron chi connectivity index (χ3n) is 2.59. The molecule has 1 heterocycles. The van der Waals surface area contributed by atoms with Gasteiger partial charge in [0.15, 0.2) is 0 Å². The second kappa shape index (κ2) is 6.11. The van der Waals surface area contributed by atoms with E-state index in [-0.39, 0.29) is 0 Å². The van der Waals surface area contributed by atoms with Crippen molar-refractivity contribution in [3.05, 3.63) is 54.0 Å². The lowest BCUT2D eigenvalue weighted by Gasteiger charge is -2.05. The summed E-state index contributed by atoms with van der Waals surface area (Å²) in [5.41, 5.74) is 1.23. The van der Waals surface area contributed by atoms with E-state index in [9.17, 15) is 0 Å². The van der Waals surface area contributed by atoms with Gasteiger partial charge in [0, 0.05) is 19.5 Å². The van der Waals surface area contributed by atoms with Crippen molar-refractivity contribution in [2.75, 3.05) is 13.7 Å². The highest BCUT2D eigenvalue weighted by atomic mass is 16.5. The lowest BCUT2D eigenvalue weighted by atomic mass is 10.2. The van der Waals surface area contributed by atoms with Crippen LogP contribution in [0.4, 0.5) is 0 Å². The van der Waals surface area contributed by atoms with Crippen LogP contribution in [0.5, 0.6) is 5.75 Å². The Bertz CT molecular complexity index is 437. The molecule has 0 amide bonds. The van der Waals surface area contributed by atoms with E-state index in [0.29, 0.717) is 0 Å². The summed E-state index contributed by atoms with van der Waals surface area (Å²) in [6.45, 7) is 1.75. The molecule has 90 valence electrons. The molecule has 0 aliphatic rings. The first-order chi connectivity index (χ1) is 8.38. The second-order valence-electron chi connectivity index (χ2n) is 3.86. The van der Waals surface area contributed by atoms with Gasteiger partial charge in [-0.2, -0.15) is 0 Å². The van der Waals surface area contributed by atoms with Gasteiger partial charge in [-0.15, -0.1) is 0 Å². The zero-order chi connectivity index (χ0) is 11.9. The number of nitrogens with one attached hydrogen (secondary N) is 1. The summed E-state index contributed by atoms with van der Waals surface area (Å²) < 4.78 is 10.4. The minimum Gasteiger partial charge on any atom is -0.497 e. The van der Waals surface area contributed by atoms with Crippen molar-refractivity contribution in [1.29, 1.82) is 0 Å². The molecule has 0 aliphatic heterocycles. The van der Waals surface area contributed by atoms with Crippen LogP contribution >= 0.6 is 0 Å². The maximum atomic E-state index is 5.26. The van der Waals surface area contributed by atoms with Gasteiger partial charge in [-0.25, -0.2) is 0 Å². The summed E-state index contributed by atoms with van der Waals surface area (Å²) in [7, 11) is 1.68. The molecule has 0 spiro atoms. The average molecular weight is 231 g/mol. The first-order valence-corrected chi connectivity index (χ1v) is 5.74. The summed E-state index contributed by atoms with van der Waals surface area (Å²) in [6, 6.07) is 12.0. The monoisotopic (exact) mass is 231 g/mol. The Morgan fingerprint density at radius 3 is 2.94 bits per heavy atom. The molecular formula is C14H17NO2. The van der Waals surface area contributed by atoms with Crippen molar-refractivity contribution in [1.82, 2.24) is 5.32 Å². The molecule has 0 fully saturated rings. The average Bonchev–Trinajstić information content (AvgIpc) is 2.88. The van der Waals surface area contributed by atoms with Gasteiger partial charge in [-0.05, 0) is 29.8 Å². The third-order valence-corrected chi connectivity index (χ3v) is 2.59. The van der Waals surface area contributed by atoms with Crippen molar-refractivity contribution in [2.45, 2.75) is 13.0 Å². The van der Waals surface area contributed by atoms with E-state index in [1.54, 1.807) is 13.4 Å². The molecule has 0 radical (unpaired) electrons. The summed E-state index contributed by atoms with van der Waals surface area (Å²) in [5.74, 6) is 1.92. The van der Waals surface area contributed by atoms with Crippen LogP contribution in [0.15, 0.2) is 47.1 Å². The molecule has 0 saturated heterocycles. The van der Waals surface area contributed by atoms with E-state index in [0.717, 1.165) is 31.0 Å². The number of benzene rings is 1. The maximum absolute atomic E-state index is 5.26. The van der Waals surface area contributed by atoms with E-state index in [2.05, 4.69) is 11.4 Å². The molecule has 3 nitrogen and oxygen atoms in total. The Kier molecular flexibility index (Phi) is 4.22. The van der Waals surface area contributed by atoms with Gasteiger partial charge in [0.25, 0.3) is 0 Å². The predicted octanol–water partition coefficient (Wildman–Crippen LogP) is 2.62. The fourth-order valence-electron chi connectivity index (χ4n) is 1.68. The summed E-state index contributed by atoms with van der Waals surface area (Å²) in [4.78, 5) is 0. The second-order valence-corrected chi connectivity index (χ2v) is 3.86. The number of furan rings is 1. The summed E-state index contributed by atoms with van der Waals surface area (Å²) in [6.07, 6.45) is 2.62. The van der Waals surface area contributed by atoms with E-state index >= 15 is 0 Å². The van der Waals surface area contributed by atoms with Crippen LogP contribution < -0.4 is 10.1 Å². The maximum Gasteiger partial charge on any atom is 0.119 e. The van der Waals surface area contributed by atoms with Gasteiger partial charge in [0.05, 0.1) is 13.4 Å². The molecule has 0 aliphatic carbocycles. The Hall–Kier alpha value is -1.74. The first kappa shape index (κ1) is 11.7. The minimum absolute atomic E-state index is 0.845. The molecule has 0 bridgehead atoms. The van der Waals surface area contributed by atoms with E-state index < -0.39 is 0 Å². The topological polar surface area (TPSA) is 34.4 Å². The molecule has 1 aromatic heterocycles. The molecule has 2 rings (SSSR count). The highest BCUT2D eigenvalue weighted by molar-refractivity contribution is 5.28. The van der Waals surface area contributed by atoms with E-state index in [1.165, 1.54) is 5.56 Å². The van der Waals surface area contributed by atoms with Crippen LogP contribution in [-0.4, -0.2) is 13.7 Å². The quantitative estimate of drug-likeness (QED) is 0.776. The summed E-state index contributed by atoms with van der Waals surface area (Å²) >= 11 is 0. The first-order valence-electron chi connectivity index (χ1n) is 5.74. The normalized spacial score (nSPS) is 10.4. The molecule has 0 saturated carbocycles. The highest BCUT2D eigenvalue weighted by Crippen LogP contribution is 2.12. The largest absolute Gasteiger partial charge is 0.497 e. The van der Waals surface area contributed by atoms with Crippen LogP contribution in [0.1, 0.15) is 11.3 Å². The molecule has 2 aromatic rings. The Morgan fingerprint density at radius 2 is 2.18 bits per heavy atom. The van der Waals surface area contributed by atoms with Crippen molar-refractivity contribution in [3.63, 3.8) is 0 Å². The number of ether oxygens (including phenoxy) is 1. The van der Waals surface area contributed by atoms with Gasteiger partial charge in [-0.3, -0.25) is 0 Å². The molecule has 3 heteroatoms. The molecular weight excluding hydrogens is 214 g/mol. The SMILES string of the molecule is COc1cccc(CNCCc2ccco2)c1. The smallest absolute Gasteiger partial charge is 0.119 e. The number of rotatable bonds is 6. The van der Waals surface area contributed by atoms with Crippen molar-refractivity contribution in [2.24, 2.45) is 0 Å². The fourth-order valence-corrected chi connectivity index (χ4v) is 1.68. The van der Waals surface area contributed by atoms with Crippen LogP contribution in [-0.2, 0) is 13.0 Å². The van der Waals surface area contributed by atoms with Gasteiger partial charge < -0.3 is 14.5 Å². The van der Waals surface area contributed by atoms with E-state index in [4.69, 9.17) is 9.15 Å². The van der Waals surface area contributed by atoms with Crippen molar-refractivity contribution < 1.29 is 9.15 Å². The van der Waals surface area contributed by atoms with Gasteiger partial charge >= 0.3 is 0 Å². The van der Waals surface area contributed by atoms with Crippen LogP contribution in [0.2, 0.25) is 0 Å². The Morgan fingerprint density at radius 1 is 1.24 bits per heavy atom. The number of hydrogen-bond donors (Lipinski definition) is 1.